The van der Waals surface area contributed by atoms with Crippen molar-refractivity contribution in [3.8, 4) is 5.75 Å². The molecule has 0 unspecified atom stereocenters. The van der Waals surface area contributed by atoms with Crippen molar-refractivity contribution in [1.29, 1.82) is 0 Å². The highest BCUT2D eigenvalue weighted by atomic mass is 16.7. The molecule has 0 saturated heterocycles. The van der Waals surface area contributed by atoms with Crippen molar-refractivity contribution < 1.29 is 19.5 Å². The molecule has 0 radical (unpaired) electrons. The zero-order valence-corrected chi connectivity index (χ0v) is 11.3. The van der Waals surface area contributed by atoms with E-state index in [1.54, 1.807) is 18.2 Å². The molecular weight excluding hydrogens is 255 g/mol. The summed E-state index contributed by atoms with van der Waals surface area (Å²) in [6.07, 6.45) is 0. The van der Waals surface area contributed by atoms with Gasteiger partial charge in [-0.15, -0.1) is 0 Å². The second-order valence-corrected chi connectivity index (χ2v) is 4.49. The van der Waals surface area contributed by atoms with Crippen LogP contribution in [0.25, 0.3) is 0 Å². The molecule has 0 atom stereocenters. The summed E-state index contributed by atoms with van der Waals surface area (Å²) in [5, 5.41) is 18.1. The van der Waals surface area contributed by atoms with Crippen LogP contribution in [0.5, 0.6) is 5.75 Å². The minimum Gasteiger partial charge on any atom is -0.467 e. The molecule has 0 spiro atoms. The van der Waals surface area contributed by atoms with E-state index in [9.17, 15) is 0 Å². The van der Waals surface area contributed by atoms with Gasteiger partial charge in [0.25, 0.3) is 0 Å². The van der Waals surface area contributed by atoms with Crippen molar-refractivity contribution in [2.24, 2.45) is 0 Å². The lowest BCUT2D eigenvalue weighted by molar-refractivity contribution is 0.00469. The lowest BCUT2D eigenvalue weighted by atomic mass is 9.79. The van der Waals surface area contributed by atoms with Gasteiger partial charge in [0.05, 0.1) is 6.61 Å². The van der Waals surface area contributed by atoms with E-state index in [1.807, 2.05) is 37.3 Å². The Morgan fingerprint density at radius 3 is 2.45 bits per heavy atom. The third-order valence-corrected chi connectivity index (χ3v) is 2.91. The lowest BCUT2D eigenvalue weighted by Gasteiger charge is -2.11. The van der Waals surface area contributed by atoms with Gasteiger partial charge in [-0.3, -0.25) is 0 Å². The maximum Gasteiger partial charge on any atom is 0.488 e. The summed E-state index contributed by atoms with van der Waals surface area (Å²) in [6, 6.07) is 14.9. The van der Waals surface area contributed by atoms with Crippen LogP contribution < -0.4 is 10.2 Å². The molecule has 0 aliphatic rings. The van der Waals surface area contributed by atoms with Crippen LogP contribution in [0.15, 0.2) is 48.5 Å². The van der Waals surface area contributed by atoms with Crippen LogP contribution in [0, 0.1) is 6.92 Å². The summed E-state index contributed by atoms with van der Waals surface area (Å²) < 4.78 is 10.9. The van der Waals surface area contributed by atoms with Gasteiger partial charge >= 0.3 is 7.12 Å². The van der Waals surface area contributed by atoms with Crippen molar-refractivity contribution >= 4 is 12.6 Å². The fourth-order valence-corrected chi connectivity index (χ4v) is 1.83. The fraction of sp³-hybridized carbons (Fsp3) is 0.200. The van der Waals surface area contributed by atoms with Crippen LogP contribution in [0.3, 0.4) is 0 Å². The first-order valence-corrected chi connectivity index (χ1v) is 6.38. The van der Waals surface area contributed by atoms with E-state index in [-0.39, 0.29) is 6.79 Å². The van der Waals surface area contributed by atoms with Crippen LogP contribution in [0.4, 0.5) is 0 Å². The molecule has 5 heteroatoms. The monoisotopic (exact) mass is 272 g/mol. The molecule has 0 heterocycles. The second-order valence-electron chi connectivity index (χ2n) is 4.49. The molecule has 104 valence electrons. The van der Waals surface area contributed by atoms with Gasteiger partial charge in [-0.1, -0.05) is 42.5 Å². The van der Waals surface area contributed by atoms with Crippen molar-refractivity contribution in [3.05, 3.63) is 59.7 Å². The molecule has 0 fully saturated rings. The molecule has 2 rings (SSSR count). The molecule has 0 bridgehead atoms. The number of ether oxygens (including phenoxy) is 2. The van der Waals surface area contributed by atoms with Crippen molar-refractivity contribution in [3.63, 3.8) is 0 Å². The first-order valence-electron chi connectivity index (χ1n) is 6.38. The van der Waals surface area contributed by atoms with E-state index in [2.05, 4.69) is 0 Å². The molecular formula is C15H17BO4. The molecule has 0 amide bonds. The van der Waals surface area contributed by atoms with Gasteiger partial charge in [0, 0.05) is 0 Å². The van der Waals surface area contributed by atoms with E-state index < -0.39 is 7.12 Å². The molecule has 0 saturated carbocycles. The van der Waals surface area contributed by atoms with Gasteiger partial charge in [-0.2, -0.15) is 0 Å². The van der Waals surface area contributed by atoms with Crippen LogP contribution in [-0.4, -0.2) is 24.0 Å². The van der Waals surface area contributed by atoms with E-state index in [0.29, 0.717) is 17.8 Å². The number of rotatable bonds is 6. The number of hydrogen-bond donors (Lipinski definition) is 2. The molecule has 20 heavy (non-hydrogen) atoms. The standard InChI is InChI=1S/C15H17BO4/c1-12-9-14(16(17)18)7-8-15(12)20-11-19-10-13-5-3-2-4-6-13/h2-9,17-18H,10-11H2,1H3. The van der Waals surface area contributed by atoms with E-state index in [0.717, 1.165) is 11.1 Å². The fourth-order valence-electron chi connectivity index (χ4n) is 1.83. The average Bonchev–Trinajstić information content (AvgIpc) is 2.46. The smallest absolute Gasteiger partial charge is 0.467 e. The Bertz CT molecular complexity index is 543. The molecule has 0 aliphatic heterocycles. The third-order valence-electron chi connectivity index (χ3n) is 2.91. The summed E-state index contributed by atoms with van der Waals surface area (Å²) in [5.41, 5.74) is 2.37. The SMILES string of the molecule is Cc1cc(B(O)O)ccc1OCOCc1ccccc1. The van der Waals surface area contributed by atoms with E-state index in [4.69, 9.17) is 19.5 Å². The van der Waals surface area contributed by atoms with Crippen LogP contribution in [-0.2, 0) is 11.3 Å². The zero-order valence-electron chi connectivity index (χ0n) is 11.3. The Hall–Kier alpha value is -1.82. The third kappa shape index (κ3) is 4.10. The minimum atomic E-state index is -1.46. The highest BCUT2D eigenvalue weighted by molar-refractivity contribution is 6.58. The van der Waals surface area contributed by atoms with E-state index >= 15 is 0 Å². The quantitative estimate of drug-likeness (QED) is 0.471. The number of benzene rings is 2. The van der Waals surface area contributed by atoms with Gasteiger partial charge < -0.3 is 19.5 Å². The topological polar surface area (TPSA) is 58.9 Å². The van der Waals surface area contributed by atoms with Gasteiger partial charge in [-0.25, -0.2) is 0 Å². The largest absolute Gasteiger partial charge is 0.488 e. The van der Waals surface area contributed by atoms with Crippen LogP contribution in [0.1, 0.15) is 11.1 Å². The maximum atomic E-state index is 9.07. The minimum absolute atomic E-state index is 0.150. The van der Waals surface area contributed by atoms with Gasteiger partial charge in [0.15, 0.2) is 6.79 Å². The molecule has 0 aromatic heterocycles. The summed E-state index contributed by atoms with van der Waals surface area (Å²) in [5.74, 6) is 0.669. The van der Waals surface area contributed by atoms with Crippen molar-refractivity contribution in [2.45, 2.75) is 13.5 Å². The molecule has 2 N–H and O–H groups in total. The Balaban J connectivity index is 1.82. The van der Waals surface area contributed by atoms with Gasteiger partial charge in [0.2, 0.25) is 0 Å². The first kappa shape index (κ1) is 14.6. The van der Waals surface area contributed by atoms with Crippen molar-refractivity contribution in [2.75, 3.05) is 6.79 Å². The molecule has 0 aliphatic carbocycles. The highest BCUT2D eigenvalue weighted by Gasteiger charge is 2.12. The molecule has 2 aromatic rings. The van der Waals surface area contributed by atoms with Gasteiger partial charge in [-0.05, 0) is 29.6 Å². The predicted molar refractivity (Wildman–Crippen MR) is 77.7 cm³/mol. The number of hydrogen-bond acceptors (Lipinski definition) is 4. The highest BCUT2D eigenvalue weighted by Crippen LogP contribution is 2.15. The molecule has 2 aromatic carbocycles. The Kier molecular flexibility index (Phi) is 5.18. The Morgan fingerprint density at radius 2 is 1.80 bits per heavy atom. The number of aryl methyl sites for hydroxylation is 1. The second kappa shape index (κ2) is 7.10. The normalized spacial score (nSPS) is 10.3. The van der Waals surface area contributed by atoms with Crippen molar-refractivity contribution in [1.82, 2.24) is 0 Å². The van der Waals surface area contributed by atoms with Crippen LogP contribution >= 0.6 is 0 Å². The average molecular weight is 272 g/mol. The Morgan fingerprint density at radius 1 is 1.05 bits per heavy atom. The lowest BCUT2D eigenvalue weighted by Crippen LogP contribution is -2.29. The summed E-state index contributed by atoms with van der Waals surface area (Å²) in [7, 11) is -1.46. The van der Waals surface area contributed by atoms with Gasteiger partial charge in [0.1, 0.15) is 5.75 Å². The first-order chi connectivity index (χ1) is 9.66. The zero-order chi connectivity index (χ0) is 14.4. The maximum absolute atomic E-state index is 9.07. The summed E-state index contributed by atoms with van der Waals surface area (Å²) in [6.45, 7) is 2.49. The summed E-state index contributed by atoms with van der Waals surface area (Å²) >= 11 is 0. The van der Waals surface area contributed by atoms with E-state index in [1.165, 1.54) is 0 Å². The molecule has 4 nitrogen and oxygen atoms in total. The predicted octanol–water partition coefficient (Wildman–Crippen LogP) is 1.23. The van der Waals surface area contributed by atoms with Crippen LogP contribution in [0.2, 0.25) is 0 Å². The Labute approximate surface area is 118 Å². The summed E-state index contributed by atoms with van der Waals surface area (Å²) in [4.78, 5) is 0.